The number of anilines is 1. The third kappa shape index (κ3) is 3.37. The van der Waals surface area contributed by atoms with Crippen molar-refractivity contribution in [2.24, 2.45) is 0 Å². The Morgan fingerprint density at radius 2 is 1.48 bits per heavy atom. The van der Waals surface area contributed by atoms with Gasteiger partial charge in [0, 0.05) is 27.9 Å². The molecule has 0 fully saturated rings. The van der Waals surface area contributed by atoms with Crippen LogP contribution in [0.5, 0.6) is 5.75 Å². The van der Waals surface area contributed by atoms with E-state index in [1.165, 1.54) is 12.1 Å². The molecule has 0 bridgehead atoms. The van der Waals surface area contributed by atoms with E-state index in [1.807, 2.05) is 6.07 Å². The third-order valence-corrected chi connectivity index (χ3v) is 4.58. The van der Waals surface area contributed by atoms with Crippen molar-refractivity contribution in [3.05, 3.63) is 94.5 Å². The molecule has 1 aliphatic carbocycles. The third-order valence-electron chi connectivity index (χ3n) is 4.58. The Hall–Kier alpha value is -4.24. The number of nitrogens with one attached hydrogen (secondary N) is 1. The van der Waals surface area contributed by atoms with Gasteiger partial charge in [0.05, 0.1) is 5.56 Å². The first-order valence-corrected chi connectivity index (χ1v) is 8.83. The Bertz CT molecular complexity index is 1210. The van der Waals surface area contributed by atoms with E-state index in [9.17, 15) is 14.4 Å². The lowest BCUT2D eigenvalue weighted by Crippen LogP contribution is -2.23. The molecule has 1 N–H and O–H groups in total. The van der Waals surface area contributed by atoms with E-state index in [0.717, 1.165) is 0 Å². The van der Waals surface area contributed by atoms with Crippen LogP contribution in [0.4, 0.5) is 5.69 Å². The fourth-order valence-electron chi connectivity index (χ4n) is 3.20. The number of carbonyl (C=O) groups is 3. The molecule has 29 heavy (non-hydrogen) atoms. The van der Waals surface area contributed by atoms with E-state index >= 15 is 0 Å². The lowest BCUT2D eigenvalue weighted by molar-refractivity contribution is -0.118. The molecule has 0 atom stereocenters. The van der Waals surface area contributed by atoms with Gasteiger partial charge in [-0.25, -0.2) is 0 Å². The van der Waals surface area contributed by atoms with E-state index in [-0.39, 0.29) is 23.7 Å². The molecule has 0 spiro atoms. The van der Waals surface area contributed by atoms with Crippen LogP contribution in [0.3, 0.4) is 0 Å². The minimum atomic E-state index is -0.451. The van der Waals surface area contributed by atoms with E-state index in [1.54, 1.807) is 54.6 Å². The van der Waals surface area contributed by atoms with Crippen molar-refractivity contribution < 1.29 is 19.1 Å². The van der Waals surface area contributed by atoms with Gasteiger partial charge in [0.15, 0.2) is 18.2 Å². The van der Waals surface area contributed by atoms with Crippen molar-refractivity contribution in [3.63, 3.8) is 0 Å². The number of nitriles is 1. The highest BCUT2D eigenvalue weighted by Crippen LogP contribution is 2.29. The van der Waals surface area contributed by atoms with Crippen LogP contribution < -0.4 is 10.1 Å². The minimum absolute atomic E-state index is 0.218. The quantitative estimate of drug-likeness (QED) is 0.584. The molecule has 0 aromatic heterocycles. The minimum Gasteiger partial charge on any atom is -0.482 e. The number of hydrogen-bond acceptors (Lipinski definition) is 5. The lowest BCUT2D eigenvalue weighted by Gasteiger charge is -2.18. The molecular formula is C23H14N2O4. The lowest BCUT2D eigenvalue weighted by atomic mass is 9.84. The number of hydrogen-bond donors (Lipinski definition) is 1. The molecule has 0 saturated carbocycles. The Balaban J connectivity index is 1.51. The largest absolute Gasteiger partial charge is 0.482 e. The molecule has 0 unspecified atom stereocenters. The summed E-state index contributed by atoms with van der Waals surface area (Å²) in [5, 5.41) is 11.7. The van der Waals surface area contributed by atoms with Gasteiger partial charge in [-0.05, 0) is 30.3 Å². The van der Waals surface area contributed by atoms with Gasteiger partial charge >= 0.3 is 0 Å². The van der Waals surface area contributed by atoms with Crippen molar-refractivity contribution in [2.75, 3.05) is 11.9 Å². The first-order valence-electron chi connectivity index (χ1n) is 8.83. The summed E-state index contributed by atoms with van der Waals surface area (Å²) >= 11 is 0. The molecule has 0 aliphatic heterocycles. The average Bonchev–Trinajstić information content (AvgIpc) is 2.76. The average molecular weight is 382 g/mol. The van der Waals surface area contributed by atoms with Crippen LogP contribution in [0, 0.1) is 11.3 Å². The Labute approximate surface area is 166 Å². The van der Waals surface area contributed by atoms with Crippen LogP contribution in [0.1, 0.15) is 37.4 Å². The molecule has 6 nitrogen and oxygen atoms in total. The predicted octanol–water partition coefficient (Wildman–Crippen LogP) is 3.35. The number of ether oxygens (including phenoxy) is 1. The number of amides is 1. The van der Waals surface area contributed by atoms with Gasteiger partial charge < -0.3 is 10.1 Å². The first kappa shape index (κ1) is 18.1. The fourth-order valence-corrected chi connectivity index (χ4v) is 3.20. The number of ketones is 2. The highest BCUT2D eigenvalue weighted by atomic mass is 16.5. The smallest absolute Gasteiger partial charge is 0.262 e. The zero-order chi connectivity index (χ0) is 20.4. The zero-order valence-corrected chi connectivity index (χ0v) is 15.1. The number of benzene rings is 3. The second-order valence-electron chi connectivity index (χ2n) is 6.41. The fraction of sp³-hybridized carbons (Fsp3) is 0.0435. The Morgan fingerprint density at radius 3 is 2.21 bits per heavy atom. The van der Waals surface area contributed by atoms with Gasteiger partial charge in [0.1, 0.15) is 11.8 Å². The Kier molecular flexibility index (Phi) is 4.63. The molecule has 0 radical (unpaired) electrons. The molecule has 3 aromatic carbocycles. The molecule has 1 amide bonds. The van der Waals surface area contributed by atoms with Crippen LogP contribution in [-0.4, -0.2) is 24.1 Å². The van der Waals surface area contributed by atoms with Gasteiger partial charge in [-0.15, -0.1) is 0 Å². The molecule has 0 saturated heterocycles. The number of para-hydroxylation sites is 1. The monoisotopic (exact) mass is 382 g/mol. The number of nitrogens with zero attached hydrogens (tertiary/aromatic N) is 1. The summed E-state index contributed by atoms with van der Waals surface area (Å²) in [5.74, 6) is -0.615. The summed E-state index contributed by atoms with van der Waals surface area (Å²) in [6.07, 6.45) is 0. The molecule has 0 heterocycles. The van der Waals surface area contributed by atoms with Crippen LogP contribution in [0.15, 0.2) is 66.7 Å². The van der Waals surface area contributed by atoms with E-state index < -0.39 is 5.91 Å². The van der Waals surface area contributed by atoms with Crippen LogP contribution in [0.25, 0.3) is 0 Å². The van der Waals surface area contributed by atoms with Crippen LogP contribution in [0.2, 0.25) is 0 Å². The van der Waals surface area contributed by atoms with Gasteiger partial charge in [0.25, 0.3) is 5.91 Å². The molecule has 140 valence electrons. The van der Waals surface area contributed by atoms with Crippen molar-refractivity contribution in [1.82, 2.24) is 0 Å². The maximum absolute atomic E-state index is 12.8. The highest BCUT2D eigenvalue weighted by Gasteiger charge is 2.29. The zero-order valence-electron chi connectivity index (χ0n) is 15.1. The number of fused-ring (bicyclic) bond motifs is 2. The van der Waals surface area contributed by atoms with E-state index in [2.05, 4.69) is 5.32 Å². The molecule has 1 aliphatic rings. The second kappa shape index (κ2) is 7.41. The molecule has 4 rings (SSSR count). The van der Waals surface area contributed by atoms with Crippen molar-refractivity contribution in [2.45, 2.75) is 0 Å². The maximum Gasteiger partial charge on any atom is 0.262 e. The van der Waals surface area contributed by atoms with E-state index in [0.29, 0.717) is 33.7 Å². The predicted molar refractivity (Wildman–Crippen MR) is 105 cm³/mol. The summed E-state index contributed by atoms with van der Waals surface area (Å²) in [4.78, 5) is 37.6. The summed E-state index contributed by atoms with van der Waals surface area (Å²) in [6, 6.07) is 19.9. The normalized spacial score (nSPS) is 11.8. The van der Waals surface area contributed by atoms with Crippen LogP contribution in [-0.2, 0) is 4.79 Å². The maximum atomic E-state index is 12.8. The molecule has 6 heteroatoms. The van der Waals surface area contributed by atoms with Gasteiger partial charge in [0.2, 0.25) is 0 Å². The van der Waals surface area contributed by atoms with Crippen molar-refractivity contribution >= 4 is 23.2 Å². The van der Waals surface area contributed by atoms with Gasteiger partial charge in [-0.2, -0.15) is 5.26 Å². The highest BCUT2D eigenvalue weighted by molar-refractivity contribution is 6.28. The van der Waals surface area contributed by atoms with E-state index in [4.69, 9.17) is 10.00 Å². The van der Waals surface area contributed by atoms with Gasteiger partial charge in [-0.3, -0.25) is 14.4 Å². The topological polar surface area (TPSA) is 96.3 Å². The standard InChI is InChI=1S/C23H14N2O4/c24-12-14-5-1-4-8-20(14)29-13-21(26)25-15-9-10-18-19(11-15)23(28)17-7-3-2-6-16(17)22(18)27/h1-11H,13H2,(H,25,26). The summed E-state index contributed by atoms with van der Waals surface area (Å²) < 4.78 is 5.40. The van der Waals surface area contributed by atoms with Gasteiger partial charge in [-0.1, -0.05) is 36.4 Å². The first-order chi connectivity index (χ1) is 14.1. The summed E-state index contributed by atoms with van der Waals surface area (Å²) in [7, 11) is 0. The Morgan fingerprint density at radius 1 is 0.862 bits per heavy atom. The molecule has 3 aromatic rings. The summed E-state index contributed by atoms with van der Waals surface area (Å²) in [6.45, 7) is -0.300. The number of carbonyl (C=O) groups excluding carboxylic acids is 3. The van der Waals surface area contributed by atoms with Crippen LogP contribution >= 0.6 is 0 Å². The van der Waals surface area contributed by atoms with Crippen molar-refractivity contribution in [3.8, 4) is 11.8 Å². The molecular weight excluding hydrogens is 368 g/mol. The van der Waals surface area contributed by atoms with Crippen molar-refractivity contribution in [1.29, 1.82) is 5.26 Å². The number of rotatable bonds is 4. The SMILES string of the molecule is N#Cc1ccccc1OCC(=O)Nc1ccc2c(c1)C(=O)c1ccccc1C2=O. The second-order valence-corrected chi connectivity index (χ2v) is 6.41. The summed E-state index contributed by atoms with van der Waals surface area (Å²) in [5.41, 5.74) is 2.01.